The van der Waals surface area contributed by atoms with E-state index in [0.29, 0.717) is 0 Å². The van der Waals surface area contributed by atoms with E-state index in [1.807, 2.05) is 12.1 Å². The van der Waals surface area contributed by atoms with Crippen molar-refractivity contribution < 1.29 is 0 Å². The van der Waals surface area contributed by atoms with Gasteiger partial charge in [-0.15, -0.1) is 0 Å². The summed E-state index contributed by atoms with van der Waals surface area (Å²) in [6.07, 6.45) is 5.30. The molecule has 1 fully saturated rings. The molecule has 0 saturated carbocycles. The van der Waals surface area contributed by atoms with Crippen molar-refractivity contribution in [3.63, 3.8) is 0 Å². The quantitative estimate of drug-likeness (QED) is 0.772. The monoisotopic (exact) mass is 218 g/mol. The molecular weight excluding hydrogens is 196 g/mol. The zero-order valence-corrected chi connectivity index (χ0v) is 10.2. The highest BCUT2D eigenvalue weighted by Crippen LogP contribution is 2.27. The molecule has 1 aliphatic rings. The molecule has 0 bridgehead atoms. The van der Waals surface area contributed by atoms with Crippen LogP contribution in [0.25, 0.3) is 0 Å². The third kappa shape index (κ3) is 2.49. The second-order valence-corrected chi connectivity index (χ2v) is 4.75. The van der Waals surface area contributed by atoms with Gasteiger partial charge in [0, 0.05) is 13.1 Å². The van der Waals surface area contributed by atoms with Crippen molar-refractivity contribution >= 4 is 11.4 Å². The van der Waals surface area contributed by atoms with E-state index in [4.69, 9.17) is 5.73 Å². The Morgan fingerprint density at radius 1 is 1.25 bits per heavy atom. The molecule has 2 rings (SSSR count). The van der Waals surface area contributed by atoms with Crippen molar-refractivity contribution in [3.05, 3.63) is 24.3 Å². The van der Waals surface area contributed by atoms with Crippen LogP contribution in [0.2, 0.25) is 0 Å². The molecule has 1 saturated heterocycles. The second kappa shape index (κ2) is 5.24. The first-order valence-corrected chi connectivity index (χ1v) is 6.40. The zero-order chi connectivity index (χ0) is 11.4. The second-order valence-electron chi connectivity index (χ2n) is 4.75. The van der Waals surface area contributed by atoms with E-state index in [9.17, 15) is 0 Å². The van der Waals surface area contributed by atoms with Crippen LogP contribution in [-0.2, 0) is 0 Å². The molecule has 16 heavy (non-hydrogen) atoms. The molecular formula is C14H22N2. The maximum atomic E-state index is 6.03. The normalized spacial score (nSPS) is 21.8. The topological polar surface area (TPSA) is 29.3 Å². The average molecular weight is 218 g/mol. The van der Waals surface area contributed by atoms with Crippen molar-refractivity contribution in [1.29, 1.82) is 0 Å². The molecule has 1 atom stereocenters. The van der Waals surface area contributed by atoms with Gasteiger partial charge in [0.25, 0.3) is 0 Å². The summed E-state index contributed by atoms with van der Waals surface area (Å²) in [5.74, 6) is 0.912. The minimum atomic E-state index is 0.912. The third-order valence-corrected chi connectivity index (χ3v) is 3.70. The van der Waals surface area contributed by atoms with Gasteiger partial charge in [-0.3, -0.25) is 0 Å². The minimum Gasteiger partial charge on any atom is -0.397 e. The van der Waals surface area contributed by atoms with E-state index < -0.39 is 0 Å². The maximum absolute atomic E-state index is 6.03. The van der Waals surface area contributed by atoms with Crippen molar-refractivity contribution in [3.8, 4) is 0 Å². The summed E-state index contributed by atoms with van der Waals surface area (Å²) in [5.41, 5.74) is 8.16. The van der Waals surface area contributed by atoms with Crippen molar-refractivity contribution in [2.45, 2.75) is 32.6 Å². The van der Waals surface area contributed by atoms with Crippen LogP contribution in [0.5, 0.6) is 0 Å². The number of anilines is 2. The summed E-state index contributed by atoms with van der Waals surface area (Å²) < 4.78 is 0. The van der Waals surface area contributed by atoms with E-state index in [1.165, 1.54) is 31.4 Å². The Hall–Kier alpha value is -1.18. The molecule has 0 aromatic heterocycles. The lowest BCUT2D eigenvalue weighted by Crippen LogP contribution is -2.25. The molecule has 1 unspecified atom stereocenters. The van der Waals surface area contributed by atoms with E-state index in [-0.39, 0.29) is 0 Å². The summed E-state index contributed by atoms with van der Waals surface area (Å²) in [6.45, 7) is 4.62. The van der Waals surface area contributed by atoms with Gasteiger partial charge >= 0.3 is 0 Å². The van der Waals surface area contributed by atoms with Gasteiger partial charge in [0.05, 0.1) is 11.4 Å². The first kappa shape index (κ1) is 11.3. The predicted molar refractivity (Wildman–Crippen MR) is 70.7 cm³/mol. The highest BCUT2D eigenvalue weighted by Gasteiger charge is 2.16. The first-order valence-electron chi connectivity index (χ1n) is 6.40. The molecule has 2 heteroatoms. The molecule has 0 radical (unpaired) electrons. The van der Waals surface area contributed by atoms with Crippen LogP contribution in [0.1, 0.15) is 32.6 Å². The first-order chi connectivity index (χ1) is 7.81. The van der Waals surface area contributed by atoms with Crippen LogP contribution in [0.4, 0.5) is 11.4 Å². The number of hydrogen-bond donors (Lipinski definition) is 1. The summed E-state index contributed by atoms with van der Waals surface area (Å²) in [6, 6.07) is 8.22. The molecule has 2 nitrogen and oxygen atoms in total. The van der Waals surface area contributed by atoms with Crippen LogP contribution < -0.4 is 10.6 Å². The summed E-state index contributed by atoms with van der Waals surface area (Å²) >= 11 is 0. The molecule has 2 N–H and O–H groups in total. The Balaban J connectivity index is 2.08. The van der Waals surface area contributed by atoms with Gasteiger partial charge in [-0.1, -0.05) is 25.5 Å². The van der Waals surface area contributed by atoms with Gasteiger partial charge in [0.2, 0.25) is 0 Å². The van der Waals surface area contributed by atoms with E-state index >= 15 is 0 Å². The Bertz CT molecular complexity index is 335. The summed E-state index contributed by atoms with van der Waals surface area (Å²) in [5, 5.41) is 0. The highest BCUT2D eigenvalue weighted by molar-refractivity contribution is 5.67. The fourth-order valence-corrected chi connectivity index (χ4v) is 2.59. The molecule has 88 valence electrons. The number of benzene rings is 1. The third-order valence-electron chi connectivity index (χ3n) is 3.70. The van der Waals surface area contributed by atoms with Gasteiger partial charge in [0.15, 0.2) is 0 Å². The molecule has 0 aliphatic carbocycles. The maximum Gasteiger partial charge on any atom is 0.0599 e. The minimum absolute atomic E-state index is 0.912. The van der Waals surface area contributed by atoms with Crippen LogP contribution in [0, 0.1) is 5.92 Å². The van der Waals surface area contributed by atoms with Crippen LogP contribution >= 0.6 is 0 Å². The Morgan fingerprint density at radius 3 is 2.81 bits per heavy atom. The predicted octanol–water partition coefficient (Wildman–Crippen LogP) is 3.29. The van der Waals surface area contributed by atoms with Crippen molar-refractivity contribution in [2.24, 2.45) is 5.92 Å². The van der Waals surface area contributed by atoms with Crippen LogP contribution in [-0.4, -0.2) is 13.1 Å². The number of nitrogens with zero attached hydrogens (tertiary/aromatic N) is 1. The zero-order valence-electron chi connectivity index (χ0n) is 10.2. The molecule has 1 heterocycles. The highest BCUT2D eigenvalue weighted by atomic mass is 15.1. The lowest BCUT2D eigenvalue weighted by atomic mass is 9.98. The van der Waals surface area contributed by atoms with Gasteiger partial charge in [-0.05, 0) is 37.3 Å². The van der Waals surface area contributed by atoms with Gasteiger partial charge in [-0.25, -0.2) is 0 Å². The fraction of sp³-hybridized carbons (Fsp3) is 0.571. The van der Waals surface area contributed by atoms with Crippen molar-refractivity contribution in [2.75, 3.05) is 23.7 Å². The van der Waals surface area contributed by atoms with E-state index in [2.05, 4.69) is 24.0 Å². The Labute approximate surface area is 98.4 Å². The SMILES string of the molecule is CCC1CCCN(c2ccccc2N)CC1. The smallest absolute Gasteiger partial charge is 0.0599 e. The Morgan fingerprint density at radius 2 is 2.06 bits per heavy atom. The number of para-hydroxylation sites is 2. The molecule has 0 amide bonds. The van der Waals surface area contributed by atoms with Crippen LogP contribution in [0.3, 0.4) is 0 Å². The Kier molecular flexibility index (Phi) is 3.70. The average Bonchev–Trinajstić information content (AvgIpc) is 2.55. The summed E-state index contributed by atoms with van der Waals surface area (Å²) in [7, 11) is 0. The number of rotatable bonds is 2. The number of hydrogen-bond acceptors (Lipinski definition) is 2. The fourth-order valence-electron chi connectivity index (χ4n) is 2.59. The van der Waals surface area contributed by atoms with Gasteiger partial charge in [-0.2, -0.15) is 0 Å². The molecule has 1 aliphatic heterocycles. The van der Waals surface area contributed by atoms with Crippen LogP contribution in [0.15, 0.2) is 24.3 Å². The molecule has 1 aromatic rings. The standard InChI is InChI=1S/C14H22N2/c1-2-12-6-5-10-16(11-9-12)14-8-4-3-7-13(14)15/h3-4,7-8,12H,2,5-6,9-11,15H2,1H3. The summed E-state index contributed by atoms with van der Waals surface area (Å²) in [4.78, 5) is 2.45. The number of nitrogen functional groups attached to an aromatic ring is 1. The lowest BCUT2D eigenvalue weighted by molar-refractivity contribution is 0.459. The molecule has 0 spiro atoms. The lowest BCUT2D eigenvalue weighted by Gasteiger charge is -2.24. The van der Waals surface area contributed by atoms with Gasteiger partial charge < -0.3 is 10.6 Å². The largest absolute Gasteiger partial charge is 0.397 e. The number of nitrogens with two attached hydrogens (primary N) is 1. The van der Waals surface area contributed by atoms with E-state index in [0.717, 1.165) is 24.7 Å². The molecule has 1 aromatic carbocycles. The van der Waals surface area contributed by atoms with Crippen molar-refractivity contribution in [1.82, 2.24) is 0 Å². The van der Waals surface area contributed by atoms with Gasteiger partial charge in [0.1, 0.15) is 0 Å². The van der Waals surface area contributed by atoms with E-state index in [1.54, 1.807) is 0 Å².